The summed E-state index contributed by atoms with van der Waals surface area (Å²) < 4.78 is 30.6. The van der Waals surface area contributed by atoms with Crippen molar-refractivity contribution in [2.75, 3.05) is 13.7 Å². The minimum atomic E-state index is -3.71. The Bertz CT molecular complexity index is 839. The lowest BCUT2D eigenvalue weighted by Crippen LogP contribution is -2.48. The average Bonchev–Trinajstić information content (AvgIpc) is 2.68. The molecule has 0 unspecified atom stereocenters. The van der Waals surface area contributed by atoms with Crippen LogP contribution in [0.1, 0.15) is 43.0 Å². The number of hydrogen-bond acceptors (Lipinski definition) is 6. The number of esters is 1. The second-order valence-electron chi connectivity index (χ2n) is 6.70. The maximum atomic E-state index is 12.0. The molecule has 154 valence electrons. The van der Waals surface area contributed by atoms with Crippen LogP contribution in [-0.4, -0.2) is 46.0 Å². The summed E-state index contributed by atoms with van der Waals surface area (Å²) in [7, 11) is -2.46. The van der Waals surface area contributed by atoms with Crippen LogP contribution in [0, 0.1) is 5.92 Å². The molecule has 2 rings (SSSR count). The van der Waals surface area contributed by atoms with Crippen molar-refractivity contribution in [3.63, 3.8) is 0 Å². The van der Waals surface area contributed by atoms with Gasteiger partial charge in [0.15, 0.2) is 6.61 Å². The van der Waals surface area contributed by atoms with E-state index in [2.05, 4.69) is 22.3 Å². The first-order valence-electron chi connectivity index (χ1n) is 9.04. The zero-order valence-electron chi connectivity index (χ0n) is 15.9. The summed E-state index contributed by atoms with van der Waals surface area (Å²) in [6.07, 6.45) is 4.05. The third-order valence-corrected chi connectivity index (χ3v) is 6.08. The number of imide groups is 1. The van der Waals surface area contributed by atoms with Crippen LogP contribution in [-0.2, 0) is 19.6 Å². The maximum Gasteiger partial charge on any atom is 0.338 e. The normalized spacial score (nSPS) is 19.5. The van der Waals surface area contributed by atoms with E-state index >= 15 is 0 Å². The zero-order valence-corrected chi connectivity index (χ0v) is 16.7. The van der Waals surface area contributed by atoms with Crippen LogP contribution >= 0.6 is 0 Å². The third kappa shape index (κ3) is 6.03. The molecule has 0 saturated heterocycles. The molecule has 3 N–H and O–H groups in total. The fourth-order valence-electron chi connectivity index (χ4n) is 3.02. The first-order valence-corrected chi connectivity index (χ1v) is 10.5. The molecule has 1 aliphatic carbocycles. The van der Waals surface area contributed by atoms with Crippen molar-refractivity contribution in [3.05, 3.63) is 29.8 Å². The number of carbonyl (C=O) groups is 3. The van der Waals surface area contributed by atoms with Crippen molar-refractivity contribution >= 4 is 27.9 Å². The van der Waals surface area contributed by atoms with Crippen molar-refractivity contribution in [1.82, 2.24) is 15.4 Å². The number of hydrogen-bond donors (Lipinski definition) is 3. The summed E-state index contributed by atoms with van der Waals surface area (Å²) >= 11 is 0. The predicted octanol–water partition coefficient (Wildman–Crippen LogP) is 1.16. The SMILES string of the molecule is CNS(=O)(=O)c1cccc(C(=O)OCC(=O)NC(=O)N[C@@H]2CCCC[C@@H]2C)c1. The highest BCUT2D eigenvalue weighted by molar-refractivity contribution is 7.89. The Labute approximate surface area is 164 Å². The van der Waals surface area contributed by atoms with Gasteiger partial charge in [0.2, 0.25) is 10.0 Å². The lowest BCUT2D eigenvalue weighted by Gasteiger charge is -2.29. The van der Waals surface area contributed by atoms with Gasteiger partial charge in [0.1, 0.15) is 0 Å². The van der Waals surface area contributed by atoms with Crippen LogP contribution in [0.3, 0.4) is 0 Å². The van der Waals surface area contributed by atoms with Crippen molar-refractivity contribution in [1.29, 1.82) is 0 Å². The van der Waals surface area contributed by atoms with Crippen LogP contribution in [0.4, 0.5) is 4.79 Å². The van der Waals surface area contributed by atoms with Crippen LogP contribution in [0.15, 0.2) is 29.2 Å². The van der Waals surface area contributed by atoms with E-state index in [-0.39, 0.29) is 16.5 Å². The highest BCUT2D eigenvalue weighted by atomic mass is 32.2. The number of sulfonamides is 1. The number of urea groups is 1. The van der Waals surface area contributed by atoms with Gasteiger partial charge in [-0.2, -0.15) is 0 Å². The van der Waals surface area contributed by atoms with Crippen molar-refractivity contribution < 1.29 is 27.5 Å². The van der Waals surface area contributed by atoms with Gasteiger partial charge in [-0.05, 0) is 44.0 Å². The van der Waals surface area contributed by atoms with Crippen molar-refractivity contribution in [3.8, 4) is 0 Å². The van der Waals surface area contributed by atoms with Gasteiger partial charge < -0.3 is 10.1 Å². The molecule has 0 aromatic heterocycles. The molecule has 2 atom stereocenters. The lowest BCUT2D eigenvalue weighted by molar-refractivity contribution is -0.123. The van der Waals surface area contributed by atoms with E-state index < -0.39 is 34.5 Å². The predicted molar refractivity (Wildman–Crippen MR) is 101 cm³/mol. The van der Waals surface area contributed by atoms with Gasteiger partial charge in [0.05, 0.1) is 10.5 Å². The van der Waals surface area contributed by atoms with Gasteiger partial charge >= 0.3 is 12.0 Å². The highest BCUT2D eigenvalue weighted by Gasteiger charge is 2.23. The van der Waals surface area contributed by atoms with E-state index in [0.29, 0.717) is 5.92 Å². The molecule has 0 bridgehead atoms. The standard InChI is InChI=1S/C18H25N3O6S/c1-12-6-3-4-9-15(12)20-18(24)21-16(22)11-27-17(23)13-7-5-8-14(10-13)28(25,26)19-2/h5,7-8,10,12,15,19H,3-4,6,9,11H2,1-2H3,(H2,20,21,22,24)/t12-,15+/m0/s1. The largest absolute Gasteiger partial charge is 0.452 e. The number of ether oxygens (including phenoxy) is 1. The average molecular weight is 411 g/mol. The van der Waals surface area contributed by atoms with Crippen LogP contribution in [0.5, 0.6) is 0 Å². The van der Waals surface area contributed by atoms with E-state index in [4.69, 9.17) is 4.74 Å². The molecule has 3 amide bonds. The molecule has 1 aromatic rings. The number of amides is 3. The molecule has 1 aromatic carbocycles. The molecule has 0 radical (unpaired) electrons. The lowest BCUT2D eigenvalue weighted by atomic mass is 9.86. The minimum Gasteiger partial charge on any atom is -0.452 e. The number of rotatable bonds is 6. The summed E-state index contributed by atoms with van der Waals surface area (Å²) in [5.41, 5.74) is -0.0235. The number of benzene rings is 1. The molecular formula is C18H25N3O6S. The zero-order chi connectivity index (χ0) is 20.7. The van der Waals surface area contributed by atoms with Crippen LogP contribution < -0.4 is 15.4 Å². The molecule has 0 aliphatic heterocycles. The maximum absolute atomic E-state index is 12.0. The van der Waals surface area contributed by atoms with E-state index in [1.165, 1.54) is 25.2 Å². The quantitative estimate of drug-likeness (QED) is 0.602. The Morgan fingerprint density at radius 1 is 1.18 bits per heavy atom. The summed E-state index contributed by atoms with van der Waals surface area (Å²) in [5.74, 6) is -1.30. The van der Waals surface area contributed by atoms with E-state index in [9.17, 15) is 22.8 Å². The molecule has 1 fully saturated rings. The molecule has 1 saturated carbocycles. The van der Waals surface area contributed by atoms with Gasteiger partial charge in [0, 0.05) is 6.04 Å². The van der Waals surface area contributed by atoms with Gasteiger partial charge in [-0.25, -0.2) is 22.7 Å². The van der Waals surface area contributed by atoms with Gasteiger partial charge in [0.25, 0.3) is 5.91 Å². The molecule has 10 heteroatoms. The minimum absolute atomic E-state index is 0.0148. The molecular weight excluding hydrogens is 386 g/mol. The summed E-state index contributed by atoms with van der Waals surface area (Å²) in [6, 6.07) is 4.61. The first kappa shape index (κ1) is 21.8. The Morgan fingerprint density at radius 3 is 2.57 bits per heavy atom. The Kier molecular flexibility index (Phi) is 7.53. The summed E-state index contributed by atoms with van der Waals surface area (Å²) in [5, 5.41) is 4.89. The van der Waals surface area contributed by atoms with Gasteiger partial charge in [-0.15, -0.1) is 0 Å². The van der Waals surface area contributed by atoms with Crippen LogP contribution in [0.2, 0.25) is 0 Å². The number of carbonyl (C=O) groups excluding carboxylic acids is 3. The van der Waals surface area contributed by atoms with Crippen molar-refractivity contribution in [2.45, 2.75) is 43.5 Å². The Balaban J connectivity index is 1.84. The molecule has 28 heavy (non-hydrogen) atoms. The highest BCUT2D eigenvalue weighted by Crippen LogP contribution is 2.23. The smallest absolute Gasteiger partial charge is 0.338 e. The molecule has 1 aliphatic rings. The van der Waals surface area contributed by atoms with Gasteiger partial charge in [-0.1, -0.05) is 25.8 Å². The third-order valence-electron chi connectivity index (χ3n) is 4.66. The van der Waals surface area contributed by atoms with Gasteiger partial charge in [-0.3, -0.25) is 10.1 Å². The molecule has 0 spiro atoms. The summed E-state index contributed by atoms with van der Waals surface area (Å²) in [4.78, 5) is 35.7. The fraction of sp³-hybridized carbons (Fsp3) is 0.500. The first-order chi connectivity index (χ1) is 13.2. The molecule has 0 heterocycles. The molecule has 9 nitrogen and oxygen atoms in total. The number of nitrogens with one attached hydrogen (secondary N) is 3. The monoisotopic (exact) mass is 411 g/mol. The second kappa shape index (κ2) is 9.65. The topological polar surface area (TPSA) is 131 Å². The van der Waals surface area contributed by atoms with Crippen LogP contribution in [0.25, 0.3) is 0 Å². The Morgan fingerprint density at radius 2 is 1.89 bits per heavy atom. The summed E-state index contributed by atoms with van der Waals surface area (Å²) in [6.45, 7) is 1.39. The van der Waals surface area contributed by atoms with E-state index in [1.807, 2.05) is 0 Å². The second-order valence-corrected chi connectivity index (χ2v) is 8.59. The Hall–Kier alpha value is -2.46. The van der Waals surface area contributed by atoms with E-state index in [1.54, 1.807) is 0 Å². The fourth-order valence-corrected chi connectivity index (χ4v) is 3.80. The van der Waals surface area contributed by atoms with Crippen molar-refractivity contribution in [2.24, 2.45) is 5.92 Å². The van der Waals surface area contributed by atoms with E-state index in [0.717, 1.165) is 31.7 Å².